The molecule has 2 aromatic heterocycles. The number of nitrogens with zero attached hydrogens (tertiary/aromatic N) is 4. The summed E-state index contributed by atoms with van der Waals surface area (Å²) in [6.45, 7) is 11.0. The monoisotopic (exact) mass is 568 g/mol. The van der Waals surface area contributed by atoms with Crippen molar-refractivity contribution in [3.8, 4) is 12.3 Å². The maximum atomic E-state index is 13.3. The standard InChI is InChI=1S/C31H48N6O4/c1-8-9-10-11-12-13-14-17-40-21-24-19-27(36(7)34-24)29(38)33-28-20-26(35-37(28)31(4,5)6)23-15-16-25(18-23)41-30(39)32-22(2)3/h1,19-20,22-23,25H,9-18,21H2,2-7H3,(H,32,39)(H,33,38)/t23-,25+/m0/s1. The van der Waals surface area contributed by atoms with Gasteiger partial charge in [0, 0.05) is 38.1 Å². The first-order valence-electron chi connectivity index (χ1n) is 14.9. The van der Waals surface area contributed by atoms with E-state index in [0.717, 1.165) is 62.8 Å². The Morgan fingerprint density at radius 3 is 2.56 bits per heavy atom. The van der Waals surface area contributed by atoms with Crippen LogP contribution in [-0.2, 0) is 28.7 Å². The summed E-state index contributed by atoms with van der Waals surface area (Å²) in [5, 5.41) is 15.2. The largest absolute Gasteiger partial charge is 0.446 e. The van der Waals surface area contributed by atoms with E-state index in [1.807, 2.05) is 45.4 Å². The quantitative estimate of drug-likeness (QED) is 0.217. The second-order valence-electron chi connectivity index (χ2n) is 12.2. The van der Waals surface area contributed by atoms with E-state index < -0.39 is 0 Å². The van der Waals surface area contributed by atoms with E-state index in [9.17, 15) is 9.59 Å². The number of nitrogens with one attached hydrogen (secondary N) is 2. The van der Waals surface area contributed by atoms with Gasteiger partial charge in [0.05, 0.1) is 23.5 Å². The Morgan fingerprint density at radius 2 is 1.85 bits per heavy atom. The number of alkyl carbamates (subject to hydrolysis) is 1. The number of anilines is 1. The van der Waals surface area contributed by atoms with Gasteiger partial charge in [0.2, 0.25) is 0 Å². The molecule has 0 aliphatic heterocycles. The van der Waals surface area contributed by atoms with Crippen molar-refractivity contribution in [1.82, 2.24) is 24.9 Å². The number of ether oxygens (including phenoxy) is 2. The number of aryl methyl sites for hydroxylation is 1. The fourth-order valence-corrected chi connectivity index (χ4v) is 5.06. The van der Waals surface area contributed by atoms with E-state index in [2.05, 4.69) is 21.7 Å². The molecular formula is C31H48N6O4. The molecule has 2 N–H and O–H groups in total. The first kappa shape index (κ1) is 32.2. The molecule has 1 fully saturated rings. The Kier molecular flexibility index (Phi) is 11.8. The predicted octanol–water partition coefficient (Wildman–Crippen LogP) is 5.89. The minimum absolute atomic E-state index is 0.0290. The fourth-order valence-electron chi connectivity index (χ4n) is 5.06. The Morgan fingerprint density at radius 1 is 1.12 bits per heavy atom. The molecule has 1 aliphatic carbocycles. The van der Waals surface area contributed by atoms with Crippen LogP contribution in [-0.4, -0.2) is 50.3 Å². The van der Waals surface area contributed by atoms with Gasteiger partial charge in [-0.25, -0.2) is 9.48 Å². The van der Waals surface area contributed by atoms with Crippen molar-refractivity contribution >= 4 is 17.8 Å². The van der Waals surface area contributed by atoms with Gasteiger partial charge in [-0.15, -0.1) is 12.3 Å². The summed E-state index contributed by atoms with van der Waals surface area (Å²) in [5.41, 5.74) is 1.71. The smallest absolute Gasteiger partial charge is 0.407 e. The van der Waals surface area contributed by atoms with Crippen LogP contribution in [0.15, 0.2) is 12.1 Å². The third-order valence-electron chi connectivity index (χ3n) is 7.11. The number of terminal acetylenes is 1. The first-order valence-corrected chi connectivity index (χ1v) is 14.9. The Labute approximate surface area is 244 Å². The molecule has 1 aliphatic rings. The lowest BCUT2D eigenvalue weighted by molar-refractivity contribution is 0.0979. The summed E-state index contributed by atoms with van der Waals surface area (Å²) >= 11 is 0. The zero-order chi connectivity index (χ0) is 30.0. The molecule has 0 radical (unpaired) electrons. The number of rotatable bonds is 14. The second kappa shape index (κ2) is 15.1. The Hall–Kier alpha value is -3.32. The lowest BCUT2D eigenvalue weighted by Crippen LogP contribution is -2.33. The minimum Gasteiger partial charge on any atom is -0.446 e. The van der Waals surface area contributed by atoms with E-state index in [1.54, 1.807) is 17.8 Å². The molecule has 3 rings (SSSR count). The second-order valence-corrected chi connectivity index (χ2v) is 12.2. The van der Waals surface area contributed by atoms with Crippen LogP contribution in [0.25, 0.3) is 0 Å². The highest BCUT2D eigenvalue weighted by Crippen LogP contribution is 2.37. The van der Waals surface area contributed by atoms with Crippen molar-refractivity contribution in [3.63, 3.8) is 0 Å². The normalized spacial score (nSPS) is 17.0. The molecule has 2 heterocycles. The van der Waals surface area contributed by atoms with E-state index in [4.69, 9.17) is 21.0 Å². The van der Waals surface area contributed by atoms with E-state index in [-0.39, 0.29) is 35.6 Å². The molecule has 0 unspecified atom stereocenters. The maximum absolute atomic E-state index is 13.3. The number of carbonyl (C=O) groups is 2. The van der Waals surface area contributed by atoms with Gasteiger partial charge >= 0.3 is 6.09 Å². The van der Waals surface area contributed by atoms with E-state index >= 15 is 0 Å². The molecule has 0 saturated heterocycles. The number of carbonyl (C=O) groups excluding carboxylic acids is 2. The summed E-state index contributed by atoms with van der Waals surface area (Å²) in [4.78, 5) is 25.4. The lowest BCUT2D eigenvalue weighted by Gasteiger charge is -2.22. The molecule has 2 aromatic rings. The first-order chi connectivity index (χ1) is 19.5. The molecule has 0 aromatic carbocycles. The van der Waals surface area contributed by atoms with Crippen molar-refractivity contribution in [2.24, 2.45) is 7.05 Å². The number of amides is 2. The lowest BCUT2D eigenvalue weighted by atomic mass is 10.0. The molecule has 2 amide bonds. The van der Waals surface area contributed by atoms with Crippen LogP contribution < -0.4 is 10.6 Å². The summed E-state index contributed by atoms with van der Waals surface area (Å²) in [6.07, 6.45) is 13.5. The van der Waals surface area contributed by atoms with Gasteiger partial charge in [0.15, 0.2) is 0 Å². The number of unbranched alkanes of at least 4 members (excludes halogenated alkanes) is 5. The van der Waals surface area contributed by atoms with Crippen molar-refractivity contribution in [2.45, 2.75) is 123 Å². The molecular weight excluding hydrogens is 520 g/mol. The molecule has 0 bridgehead atoms. The van der Waals surface area contributed by atoms with Gasteiger partial charge in [-0.2, -0.15) is 10.2 Å². The van der Waals surface area contributed by atoms with Gasteiger partial charge < -0.3 is 20.1 Å². The van der Waals surface area contributed by atoms with Gasteiger partial charge in [-0.1, -0.05) is 19.3 Å². The minimum atomic E-state index is -0.383. The maximum Gasteiger partial charge on any atom is 0.407 e. The van der Waals surface area contributed by atoms with Crippen LogP contribution in [0.5, 0.6) is 0 Å². The summed E-state index contributed by atoms with van der Waals surface area (Å²) < 4.78 is 14.8. The zero-order valence-corrected chi connectivity index (χ0v) is 25.7. The summed E-state index contributed by atoms with van der Waals surface area (Å²) in [5.74, 6) is 3.19. The summed E-state index contributed by atoms with van der Waals surface area (Å²) in [7, 11) is 1.76. The van der Waals surface area contributed by atoms with Crippen LogP contribution in [0.2, 0.25) is 0 Å². The van der Waals surface area contributed by atoms with E-state index in [1.165, 1.54) is 0 Å². The van der Waals surface area contributed by atoms with Crippen LogP contribution in [0.3, 0.4) is 0 Å². The number of aromatic nitrogens is 4. The zero-order valence-electron chi connectivity index (χ0n) is 25.7. The predicted molar refractivity (Wildman–Crippen MR) is 160 cm³/mol. The highest BCUT2D eigenvalue weighted by molar-refractivity contribution is 6.02. The van der Waals surface area contributed by atoms with Crippen molar-refractivity contribution in [1.29, 1.82) is 0 Å². The highest BCUT2D eigenvalue weighted by Gasteiger charge is 2.32. The molecule has 0 spiro atoms. The highest BCUT2D eigenvalue weighted by atomic mass is 16.6. The number of hydrogen-bond donors (Lipinski definition) is 2. The van der Waals surface area contributed by atoms with Crippen LogP contribution >= 0.6 is 0 Å². The average molecular weight is 569 g/mol. The van der Waals surface area contributed by atoms with Gasteiger partial charge in [0.25, 0.3) is 5.91 Å². The molecule has 10 heteroatoms. The van der Waals surface area contributed by atoms with Crippen molar-refractivity contribution in [3.05, 3.63) is 29.2 Å². The molecule has 1 saturated carbocycles. The summed E-state index contributed by atoms with van der Waals surface area (Å²) in [6, 6.07) is 3.74. The van der Waals surface area contributed by atoms with Crippen LogP contribution in [0.1, 0.15) is 120 Å². The van der Waals surface area contributed by atoms with E-state index in [0.29, 0.717) is 31.1 Å². The molecule has 226 valence electrons. The third kappa shape index (κ3) is 9.92. The van der Waals surface area contributed by atoms with Gasteiger partial charge in [0.1, 0.15) is 17.6 Å². The van der Waals surface area contributed by atoms with Crippen molar-refractivity contribution < 1.29 is 19.1 Å². The topological polar surface area (TPSA) is 112 Å². The molecule has 10 nitrogen and oxygen atoms in total. The van der Waals surface area contributed by atoms with Crippen LogP contribution in [0, 0.1) is 12.3 Å². The van der Waals surface area contributed by atoms with Gasteiger partial charge in [-0.3, -0.25) is 9.48 Å². The third-order valence-corrected chi connectivity index (χ3v) is 7.11. The van der Waals surface area contributed by atoms with Crippen molar-refractivity contribution in [2.75, 3.05) is 11.9 Å². The van der Waals surface area contributed by atoms with Gasteiger partial charge in [-0.05, 0) is 72.8 Å². The average Bonchev–Trinajstić information content (AvgIpc) is 3.61. The Balaban J connectivity index is 1.57. The molecule has 2 atom stereocenters. The number of hydrogen-bond acceptors (Lipinski definition) is 6. The SMILES string of the molecule is C#CCCCCCCCOCc1cc(C(=O)Nc2cc([C@H]3CC[C@@H](OC(=O)NC(C)C)C3)nn2C(C)(C)C)n(C)n1. The van der Waals surface area contributed by atoms with Crippen LogP contribution in [0.4, 0.5) is 10.6 Å². The molecule has 41 heavy (non-hydrogen) atoms. The Bertz CT molecular complexity index is 1190. The fraction of sp³-hybridized carbons (Fsp3) is 0.677.